The van der Waals surface area contributed by atoms with E-state index in [4.69, 9.17) is 27.9 Å². The Hall–Kier alpha value is -2.24. The fourth-order valence-electron chi connectivity index (χ4n) is 3.36. The van der Waals surface area contributed by atoms with Crippen LogP contribution >= 0.6 is 23.2 Å². The van der Waals surface area contributed by atoms with Gasteiger partial charge in [0, 0.05) is 13.1 Å². The normalized spacial score (nSPS) is 11.7. The van der Waals surface area contributed by atoms with E-state index in [1.165, 1.54) is 0 Å². The third kappa shape index (κ3) is 7.14. The molecule has 0 heterocycles. The van der Waals surface area contributed by atoms with Crippen molar-refractivity contribution in [3.05, 3.63) is 63.1 Å². The molecule has 5 nitrogen and oxygen atoms in total. The summed E-state index contributed by atoms with van der Waals surface area (Å²) in [6, 6.07) is 10.3. The third-order valence-corrected chi connectivity index (χ3v) is 6.20. The maximum absolute atomic E-state index is 13.3. The van der Waals surface area contributed by atoms with E-state index in [0.717, 1.165) is 29.5 Å². The van der Waals surface area contributed by atoms with Crippen molar-refractivity contribution >= 4 is 35.0 Å². The van der Waals surface area contributed by atoms with Gasteiger partial charge in [0.25, 0.3) is 5.91 Å². The highest BCUT2D eigenvalue weighted by Gasteiger charge is 2.29. The van der Waals surface area contributed by atoms with E-state index >= 15 is 0 Å². The number of halogens is 2. The van der Waals surface area contributed by atoms with E-state index < -0.39 is 6.04 Å². The summed E-state index contributed by atoms with van der Waals surface area (Å²) < 4.78 is 5.84. The Morgan fingerprint density at radius 3 is 2.50 bits per heavy atom. The fourth-order valence-corrected chi connectivity index (χ4v) is 3.68. The third-order valence-electron chi connectivity index (χ3n) is 5.46. The summed E-state index contributed by atoms with van der Waals surface area (Å²) in [4.78, 5) is 27.7. The number of ether oxygens (including phenoxy) is 1. The lowest BCUT2D eigenvalue weighted by atomic mass is 10.1. The molecule has 1 unspecified atom stereocenters. The summed E-state index contributed by atoms with van der Waals surface area (Å²) in [6.07, 6.45) is 2.35. The zero-order chi connectivity index (χ0) is 23.7. The molecule has 32 heavy (non-hydrogen) atoms. The molecule has 0 aliphatic carbocycles. The second-order valence-corrected chi connectivity index (χ2v) is 8.64. The first-order valence-corrected chi connectivity index (χ1v) is 11.7. The Morgan fingerprint density at radius 1 is 1.09 bits per heavy atom. The molecule has 2 aromatic carbocycles. The topological polar surface area (TPSA) is 58.6 Å². The molecule has 174 valence electrons. The van der Waals surface area contributed by atoms with Crippen molar-refractivity contribution in [3.8, 4) is 5.75 Å². The van der Waals surface area contributed by atoms with Gasteiger partial charge in [-0.15, -0.1) is 0 Å². The van der Waals surface area contributed by atoms with Crippen molar-refractivity contribution in [1.82, 2.24) is 10.2 Å². The minimum absolute atomic E-state index is 0.162. The van der Waals surface area contributed by atoms with Crippen LogP contribution < -0.4 is 10.1 Å². The summed E-state index contributed by atoms with van der Waals surface area (Å²) in [6.45, 7) is 8.56. The second kappa shape index (κ2) is 12.7. The van der Waals surface area contributed by atoms with Crippen LogP contribution in [0.25, 0.3) is 0 Å². The molecule has 0 aromatic heterocycles. The number of carbonyl (C=O) groups excluding carboxylic acids is 2. The van der Waals surface area contributed by atoms with Gasteiger partial charge >= 0.3 is 0 Å². The summed E-state index contributed by atoms with van der Waals surface area (Å²) in [5.74, 6) is 0.226. The highest BCUT2D eigenvalue weighted by molar-refractivity contribution is 6.42. The van der Waals surface area contributed by atoms with Gasteiger partial charge in [-0.1, -0.05) is 61.7 Å². The minimum Gasteiger partial charge on any atom is -0.483 e. The van der Waals surface area contributed by atoms with Gasteiger partial charge in [-0.3, -0.25) is 9.59 Å². The first-order valence-electron chi connectivity index (χ1n) is 11.0. The first-order chi connectivity index (χ1) is 15.3. The van der Waals surface area contributed by atoms with Gasteiger partial charge in [0.1, 0.15) is 11.8 Å². The molecule has 0 aliphatic heterocycles. The Morgan fingerprint density at radius 2 is 1.84 bits per heavy atom. The number of unbranched alkanes of at least 4 members (excludes halogenated alkanes) is 1. The molecule has 0 radical (unpaired) electrons. The van der Waals surface area contributed by atoms with Crippen LogP contribution in [0, 0.1) is 13.8 Å². The van der Waals surface area contributed by atoms with Crippen LogP contribution in [0.4, 0.5) is 0 Å². The molecule has 0 aliphatic rings. The van der Waals surface area contributed by atoms with E-state index in [0.29, 0.717) is 28.8 Å². The van der Waals surface area contributed by atoms with Crippen molar-refractivity contribution < 1.29 is 14.3 Å². The SMILES string of the molecule is CCCCNC(=O)C(CC)N(Cc1ccc(Cl)c(Cl)c1)C(=O)COc1cccc(C)c1C. The van der Waals surface area contributed by atoms with E-state index in [-0.39, 0.29) is 25.0 Å². The van der Waals surface area contributed by atoms with Crippen LogP contribution in [0.2, 0.25) is 10.0 Å². The molecule has 0 spiro atoms. The number of hydrogen-bond donors (Lipinski definition) is 1. The van der Waals surface area contributed by atoms with Crippen LogP contribution in [0.15, 0.2) is 36.4 Å². The molecular formula is C25H32Cl2N2O3. The number of nitrogens with zero attached hydrogens (tertiary/aromatic N) is 1. The Labute approximate surface area is 201 Å². The second-order valence-electron chi connectivity index (χ2n) is 7.83. The van der Waals surface area contributed by atoms with Gasteiger partial charge in [-0.05, 0) is 61.6 Å². The molecule has 0 saturated heterocycles. The smallest absolute Gasteiger partial charge is 0.261 e. The van der Waals surface area contributed by atoms with E-state index in [9.17, 15) is 9.59 Å². The quantitative estimate of drug-likeness (QED) is 0.420. The van der Waals surface area contributed by atoms with Crippen LogP contribution in [0.3, 0.4) is 0 Å². The molecule has 2 amide bonds. The van der Waals surface area contributed by atoms with E-state index in [1.807, 2.05) is 45.0 Å². The molecule has 1 N–H and O–H groups in total. The standard InChI is InChI=1S/C25H32Cl2N2O3/c1-5-7-13-28-25(31)22(6-2)29(15-19-11-12-20(26)21(27)14-19)24(30)16-32-23-10-8-9-17(3)18(23)4/h8-12,14,22H,5-7,13,15-16H2,1-4H3,(H,28,31). The summed E-state index contributed by atoms with van der Waals surface area (Å²) in [5.41, 5.74) is 2.87. The minimum atomic E-state index is -0.615. The highest BCUT2D eigenvalue weighted by atomic mass is 35.5. The van der Waals surface area contributed by atoms with Crippen LogP contribution in [0.5, 0.6) is 5.75 Å². The van der Waals surface area contributed by atoms with Gasteiger partial charge in [0.15, 0.2) is 6.61 Å². The predicted molar refractivity (Wildman–Crippen MR) is 130 cm³/mol. The number of hydrogen-bond acceptors (Lipinski definition) is 3. The lowest BCUT2D eigenvalue weighted by molar-refractivity contribution is -0.143. The molecule has 1 atom stereocenters. The van der Waals surface area contributed by atoms with Crippen LogP contribution in [0.1, 0.15) is 49.8 Å². The van der Waals surface area contributed by atoms with E-state index in [2.05, 4.69) is 12.2 Å². The molecular weight excluding hydrogens is 447 g/mol. The molecule has 0 fully saturated rings. The lowest BCUT2D eigenvalue weighted by Crippen LogP contribution is -2.50. The molecule has 2 aromatic rings. The van der Waals surface area contributed by atoms with Crippen LogP contribution in [-0.2, 0) is 16.1 Å². The monoisotopic (exact) mass is 478 g/mol. The zero-order valence-corrected chi connectivity index (χ0v) is 20.7. The van der Waals surface area contributed by atoms with Crippen molar-refractivity contribution in [2.45, 2.75) is 59.5 Å². The van der Waals surface area contributed by atoms with E-state index in [1.54, 1.807) is 17.0 Å². The van der Waals surface area contributed by atoms with Crippen LogP contribution in [-0.4, -0.2) is 35.9 Å². The number of carbonyl (C=O) groups is 2. The predicted octanol–water partition coefficient (Wildman–Crippen LogP) is 5.71. The molecule has 7 heteroatoms. The fraction of sp³-hybridized carbons (Fsp3) is 0.440. The number of rotatable bonds is 11. The zero-order valence-electron chi connectivity index (χ0n) is 19.2. The molecule has 0 bridgehead atoms. The summed E-state index contributed by atoms with van der Waals surface area (Å²) in [7, 11) is 0. The van der Waals surface area contributed by atoms with Crippen molar-refractivity contribution in [2.75, 3.05) is 13.2 Å². The van der Waals surface area contributed by atoms with Gasteiger partial charge in [-0.25, -0.2) is 0 Å². The average molecular weight is 479 g/mol. The number of benzene rings is 2. The Bertz CT molecular complexity index is 933. The Balaban J connectivity index is 2.24. The highest BCUT2D eigenvalue weighted by Crippen LogP contribution is 2.25. The average Bonchev–Trinajstić information content (AvgIpc) is 2.77. The summed E-state index contributed by atoms with van der Waals surface area (Å²) >= 11 is 12.2. The Kier molecular flexibility index (Phi) is 10.3. The maximum atomic E-state index is 13.3. The molecule has 0 saturated carbocycles. The van der Waals surface area contributed by atoms with Crippen molar-refractivity contribution in [3.63, 3.8) is 0 Å². The van der Waals surface area contributed by atoms with Gasteiger partial charge in [-0.2, -0.15) is 0 Å². The number of amides is 2. The summed E-state index contributed by atoms with van der Waals surface area (Å²) in [5, 5.41) is 3.79. The first kappa shape index (κ1) is 26.0. The molecule has 2 rings (SSSR count). The van der Waals surface area contributed by atoms with Crippen molar-refractivity contribution in [2.24, 2.45) is 0 Å². The van der Waals surface area contributed by atoms with Crippen molar-refractivity contribution in [1.29, 1.82) is 0 Å². The van der Waals surface area contributed by atoms with Gasteiger partial charge in [0.05, 0.1) is 10.0 Å². The largest absolute Gasteiger partial charge is 0.483 e. The van der Waals surface area contributed by atoms with Gasteiger partial charge in [0.2, 0.25) is 5.91 Å². The maximum Gasteiger partial charge on any atom is 0.261 e. The number of nitrogens with one attached hydrogen (secondary N) is 1. The lowest BCUT2D eigenvalue weighted by Gasteiger charge is -2.30. The van der Waals surface area contributed by atoms with Gasteiger partial charge < -0.3 is 15.0 Å². The number of aryl methyl sites for hydroxylation is 1.